The van der Waals surface area contributed by atoms with Crippen LogP contribution in [0.4, 0.5) is 0 Å². The lowest BCUT2D eigenvalue weighted by Crippen LogP contribution is -2.13. The van der Waals surface area contributed by atoms with Crippen molar-refractivity contribution < 1.29 is 14.3 Å². The first kappa shape index (κ1) is 14.0. The van der Waals surface area contributed by atoms with E-state index < -0.39 is 5.97 Å². The van der Waals surface area contributed by atoms with Crippen molar-refractivity contribution in [3.63, 3.8) is 0 Å². The predicted molar refractivity (Wildman–Crippen MR) is 74.4 cm³/mol. The van der Waals surface area contributed by atoms with Crippen molar-refractivity contribution in [2.24, 2.45) is 0 Å². The highest BCUT2D eigenvalue weighted by Crippen LogP contribution is 2.19. The summed E-state index contributed by atoms with van der Waals surface area (Å²) < 4.78 is 9.87. The first-order chi connectivity index (χ1) is 9.72. The summed E-state index contributed by atoms with van der Waals surface area (Å²) in [6.45, 7) is 1.84. The molecule has 1 heterocycles. The molecular weight excluding hydrogens is 256 g/mol. The molecule has 0 spiro atoms. The molecule has 0 atom stereocenters. The van der Waals surface area contributed by atoms with Crippen LogP contribution in [0.5, 0.6) is 5.88 Å². The van der Waals surface area contributed by atoms with Crippen LogP contribution in [0.25, 0.3) is 11.4 Å². The third-order valence-corrected chi connectivity index (χ3v) is 2.72. The number of hydrogen-bond donors (Lipinski definition) is 0. The van der Waals surface area contributed by atoms with Gasteiger partial charge in [-0.15, -0.1) is 0 Å². The van der Waals surface area contributed by atoms with Crippen LogP contribution >= 0.6 is 0 Å². The second-order valence-corrected chi connectivity index (χ2v) is 4.11. The van der Waals surface area contributed by atoms with Crippen LogP contribution in [-0.4, -0.2) is 29.7 Å². The van der Waals surface area contributed by atoms with Gasteiger partial charge in [0.2, 0.25) is 5.88 Å². The van der Waals surface area contributed by atoms with Crippen LogP contribution in [0.15, 0.2) is 36.4 Å². The summed E-state index contributed by atoms with van der Waals surface area (Å²) >= 11 is 0. The molecule has 5 heteroatoms. The van der Waals surface area contributed by atoms with E-state index in [1.54, 1.807) is 6.07 Å². The topological polar surface area (TPSA) is 61.3 Å². The Kier molecular flexibility index (Phi) is 4.65. The molecule has 2 rings (SSSR count). The molecule has 0 saturated heterocycles. The zero-order valence-corrected chi connectivity index (χ0v) is 11.5. The minimum atomic E-state index is -0.442. The zero-order valence-electron chi connectivity index (χ0n) is 11.5. The standard InChI is InChI=1S/C15H16N2O3/c1-3-12-9-13(20-10-14(18)19-2)17-15(16-12)11-7-5-4-6-8-11/h4-9H,3,10H2,1-2H3. The van der Waals surface area contributed by atoms with Gasteiger partial charge in [0.25, 0.3) is 0 Å². The number of carbonyl (C=O) groups is 1. The molecule has 0 unspecified atom stereocenters. The molecule has 0 saturated carbocycles. The minimum absolute atomic E-state index is 0.162. The molecule has 0 aliphatic heterocycles. The largest absolute Gasteiger partial charge is 0.466 e. The lowest BCUT2D eigenvalue weighted by Gasteiger charge is -2.08. The van der Waals surface area contributed by atoms with Gasteiger partial charge in [0.1, 0.15) is 0 Å². The summed E-state index contributed by atoms with van der Waals surface area (Å²) in [4.78, 5) is 19.9. The van der Waals surface area contributed by atoms with Crippen molar-refractivity contribution in [3.05, 3.63) is 42.1 Å². The van der Waals surface area contributed by atoms with E-state index in [0.29, 0.717) is 11.7 Å². The number of esters is 1. The highest BCUT2D eigenvalue weighted by molar-refractivity contribution is 5.70. The Morgan fingerprint density at radius 1 is 1.20 bits per heavy atom. The molecule has 104 valence electrons. The molecule has 2 aromatic rings. The normalized spacial score (nSPS) is 10.1. The molecule has 0 amide bonds. The van der Waals surface area contributed by atoms with E-state index in [-0.39, 0.29) is 6.61 Å². The number of nitrogens with zero attached hydrogens (tertiary/aromatic N) is 2. The summed E-state index contributed by atoms with van der Waals surface area (Å²) in [6, 6.07) is 11.4. The predicted octanol–water partition coefficient (Wildman–Crippen LogP) is 2.26. The maximum absolute atomic E-state index is 11.1. The second-order valence-electron chi connectivity index (χ2n) is 4.11. The van der Waals surface area contributed by atoms with Crippen LogP contribution in [0, 0.1) is 0 Å². The number of methoxy groups -OCH3 is 1. The van der Waals surface area contributed by atoms with E-state index in [1.165, 1.54) is 7.11 Å². The highest BCUT2D eigenvalue weighted by Gasteiger charge is 2.08. The van der Waals surface area contributed by atoms with Gasteiger partial charge in [-0.1, -0.05) is 37.3 Å². The fraction of sp³-hybridized carbons (Fsp3) is 0.267. The van der Waals surface area contributed by atoms with Crippen molar-refractivity contribution in [2.75, 3.05) is 13.7 Å². The maximum Gasteiger partial charge on any atom is 0.343 e. The van der Waals surface area contributed by atoms with E-state index in [1.807, 2.05) is 37.3 Å². The Hall–Kier alpha value is -2.43. The van der Waals surface area contributed by atoms with Gasteiger partial charge in [-0.2, -0.15) is 4.98 Å². The first-order valence-corrected chi connectivity index (χ1v) is 6.36. The molecule has 0 aliphatic carbocycles. The van der Waals surface area contributed by atoms with Gasteiger partial charge in [-0.3, -0.25) is 0 Å². The SMILES string of the molecule is CCc1cc(OCC(=O)OC)nc(-c2ccccc2)n1. The Balaban J connectivity index is 2.27. The van der Waals surface area contributed by atoms with Crippen LogP contribution in [0.1, 0.15) is 12.6 Å². The Morgan fingerprint density at radius 2 is 1.95 bits per heavy atom. The van der Waals surface area contributed by atoms with Gasteiger partial charge in [-0.25, -0.2) is 9.78 Å². The summed E-state index contributed by atoms with van der Waals surface area (Å²) in [5, 5.41) is 0. The number of aryl methyl sites for hydroxylation is 1. The fourth-order valence-electron chi connectivity index (χ4n) is 1.64. The van der Waals surface area contributed by atoms with Gasteiger partial charge in [-0.05, 0) is 6.42 Å². The number of ether oxygens (including phenoxy) is 2. The number of carbonyl (C=O) groups excluding carboxylic acids is 1. The molecule has 20 heavy (non-hydrogen) atoms. The Labute approximate surface area is 117 Å². The van der Waals surface area contributed by atoms with Crippen LogP contribution in [-0.2, 0) is 16.0 Å². The third kappa shape index (κ3) is 3.54. The van der Waals surface area contributed by atoms with Gasteiger partial charge >= 0.3 is 5.97 Å². The Bertz CT molecular complexity index is 585. The average molecular weight is 272 g/mol. The van der Waals surface area contributed by atoms with Gasteiger partial charge in [0, 0.05) is 17.3 Å². The zero-order chi connectivity index (χ0) is 14.4. The molecule has 0 aliphatic rings. The van der Waals surface area contributed by atoms with Crippen molar-refractivity contribution >= 4 is 5.97 Å². The lowest BCUT2D eigenvalue weighted by molar-refractivity contribution is -0.143. The number of aromatic nitrogens is 2. The molecule has 1 aromatic heterocycles. The van der Waals surface area contributed by atoms with Crippen molar-refractivity contribution in [1.29, 1.82) is 0 Å². The van der Waals surface area contributed by atoms with E-state index in [0.717, 1.165) is 17.7 Å². The van der Waals surface area contributed by atoms with Crippen molar-refractivity contribution in [3.8, 4) is 17.3 Å². The number of hydrogen-bond acceptors (Lipinski definition) is 5. The van der Waals surface area contributed by atoms with E-state index in [2.05, 4.69) is 14.7 Å². The molecule has 0 fully saturated rings. The van der Waals surface area contributed by atoms with Gasteiger partial charge in [0.15, 0.2) is 12.4 Å². The monoisotopic (exact) mass is 272 g/mol. The number of rotatable bonds is 5. The maximum atomic E-state index is 11.1. The number of benzene rings is 1. The summed E-state index contributed by atoms with van der Waals surface area (Å²) in [6.07, 6.45) is 0.761. The summed E-state index contributed by atoms with van der Waals surface area (Å²) in [5.74, 6) is 0.522. The first-order valence-electron chi connectivity index (χ1n) is 6.36. The fourth-order valence-corrected chi connectivity index (χ4v) is 1.64. The average Bonchev–Trinajstić information content (AvgIpc) is 2.53. The quantitative estimate of drug-likeness (QED) is 0.781. The minimum Gasteiger partial charge on any atom is -0.466 e. The second kappa shape index (κ2) is 6.65. The summed E-state index contributed by atoms with van der Waals surface area (Å²) in [5.41, 5.74) is 1.77. The smallest absolute Gasteiger partial charge is 0.343 e. The molecule has 5 nitrogen and oxygen atoms in total. The van der Waals surface area contributed by atoms with Gasteiger partial charge in [0.05, 0.1) is 7.11 Å². The lowest BCUT2D eigenvalue weighted by atomic mass is 10.2. The molecule has 0 N–H and O–H groups in total. The van der Waals surface area contributed by atoms with Crippen molar-refractivity contribution in [2.45, 2.75) is 13.3 Å². The third-order valence-electron chi connectivity index (χ3n) is 2.72. The van der Waals surface area contributed by atoms with E-state index >= 15 is 0 Å². The highest BCUT2D eigenvalue weighted by atomic mass is 16.6. The van der Waals surface area contributed by atoms with E-state index in [4.69, 9.17) is 4.74 Å². The van der Waals surface area contributed by atoms with Crippen LogP contribution in [0.3, 0.4) is 0 Å². The Morgan fingerprint density at radius 3 is 2.60 bits per heavy atom. The van der Waals surface area contributed by atoms with Crippen molar-refractivity contribution in [1.82, 2.24) is 9.97 Å². The van der Waals surface area contributed by atoms with Gasteiger partial charge < -0.3 is 9.47 Å². The molecular formula is C15H16N2O3. The molecule has 1 aromatic carbocycles. The van der Waals surface area contributed by atoms with Crippen LogP contribution < -0.4 is 4.74 Å². The van der Waals surface area contributed by atoms with Crippen LogP contribution in [0.2, 0.25) is 0 Å². The van der Waals surface area contributed by atoms with E-state index in [9.17, 15) is 4.79 Å². The molecule has 0 radical (unpaired) electrons. The molecule has 0 bridgehead atoms. The summed E-state index contributed by atoms with van der Waals surface area (Å²) in [7, 11) is 1.32.